The second-order valence-electron chi connectivity index (χ2n) is 3.16. The van der Waals surface area contributed by atoms with Crippen LogP contribution in [0.1, 0.15) is 6.42 Å². The molecule has 1 atom stereocenters. The van der Waals surface area contributed by atoms with Gasteiger partial charge < -0.3 is 0 Å². The fourth-order valence-electron chi connectivity index (χ4n) is 1.44. The zero-order valence-corrected chi connectivity index (χ0v) is 7.33. The first-order valence-corrected chi connectivity index (χ1v) is 4.40. The van der Waals surface area contributed by atoms with E-state index >= 15 is 0 Å². The zero-order valence-electron chi connectivity index (χ0n) is 6.57. The van der Waals surface area contributed by atoms with Gasteiger partial charge in [0.15, 0.2) is 0 Å². The van der Waals surface area contributed by atoms with Crippen molar-refractivity contribution in [3.63, 3.8) is 0 Å². The first kappa shape index (κ1) is 10.1. The Morgan fingerprint density at radius 3 is 2.50 bits per heavy atom. The normalized spacial score (nSPS) is 26.5. The third kappa shape index (κ3) is 3.19. The number of alkyl halides is 4. The molecule has 1 aliphatic heterocycles. The Morgan fingerprint density at radius 2 is 2.08 bits per heavy atom. The summed E-state index contributed by atoms with van der Waals surface area (Å²) in [6.45, 7) is 0.223. The molecule has 1 fully saturated rings. The average Bonchev–Trinajstić information content (AvgIpc) is 2.32. The van der Waals surface area contributed by atoms with Crippen molar-refractivity contribution in [1.29, 1.82) is 0 Å². The summed E-state index contributed by atoms with van der Waals surface area (Å²) >= 11 is 5.54. The molecule has 0 bridgehead atoms. The van der Waals surface area contributed by atoms with Gasteiger partial charge in [0.05, 0.1) is 6.54 Å². The zero-order chi connectivity index (χ0) is 9.19. The second-order valence-corrected chi connectivity index (χ2v) is 3.47. The van der Waals surface area contributed by atoms with E-state index in [2.05, 4.69) is 0 Å². The first-order valence-electron chi connectivity index (χ1n) is 3.86. The standard InChI is InChI=1S/C7H11ClF3N/c8-3-6-1-2-12(4-6)5-7(9,10)11/h6H,1-5H2. The van der Waals surface area contributed by atoms with Crippen LogP contribution in [0.5, 0.6) is 0 Å². The Hall–Kier alpha value is 0.0400. The first-order chi connectivity index (χ1) is 5.51. The van der Waals surface area contributed by atoms with Crippen molar-refractivity contribution >= 4 is 11.6 Å². The highest BCUT2D eigenvalue weighted by Gasteiger charge is 2.33. The average molecular weight is 202 g/mol. The lowest BCUT2D eigenvalue weighted by atomic mass is 10.2. The summed E-state index contributed by atoms with van der Waals surface area (Å²) in [5.74, 6) is 0.711. The van der Waals surface area contributed by atoms with Crippen LogP contribution in [0, 0.1) is 5.92 Å². The highest BCUT2D eigenvalue weighted by atomic mass is 35.5. The van der Waals surface area contributed by atoms with E-state index in [4.69, 9.17) is 11.6 Å². The summed E-state index contributed by atoms with van der Waals surface area (Å²) in [6, 6.07) is 0. The highest BCUT2D eigenvalue weighted by Crippen LogP contribution is 2.22. The maximum atomic E-state index is 11.9. The van der Waals surface area contributed by atoms with E-state index in [9.17, 15) is 13.2 Å². The predicted molar refractivity (Wildman–Crippen MR) is 41.3 cm³/mol. The van der Waals surface area contributed by atoms with Crippen LogP contribution in [0.15, 0.2) is 0 Å². The lowest BCUT2D eigenvalue weighted by molar-refractivity contribution is -0.143. The third-order valence-corrected chi connectivity index (χ3v) is 2.43. The van der Waals surface area contributed by atoms with Crippen molar-refractivity contribution in [3.8, 4) is 0 Å². The monoisotopic (exact) mass is 201 g/mol. The molecule has 0 saturated carbocycles. The van der Waals surface area contributed by atoms with Crippen LogP contribution in [0.4, 0.5) is 13.2 Å². The Balaban J connectivity index is 2.28. The predicted octanol–water partition coefficient (Wildman–Crippen LogP) is 2.11. The van der Waals surface area contributed by atoms with Crippen molar-refractivity contribution < 1.29 is 13.2 Å². The van der Waals surface area contributed by atoms with Crippen molar-refractivity contribution in [3.05, 3.63) is 0 Å². The van der Waals surface area contributed by atoms with Gasteiger partial charge in [-0.25, -0.2) is 0 Å². The van der Waals surface area contributed by atoms with Crippen molar-refractivity contribution in [1.82, 2.24) is 4.90 Å². The Morgan fingerprint density at radius 1 is 1.42 bits per heavy atom. The number of rotatable bonds is 2. The fraction of sp³-hybridized carbons (Fsp3) is 1.00. The molecule has 1 aliphatic rings. The molecule has 1 unspecified atom stereocenters. The summed E-state index contributed by atoms with van der Waals surface area (Å²) in [5.41, 5.74) is 0. The van der Waals surface area contributed by atoms with Crippen LogP contribution >= 0.6 is 11.6 Å². The molecule has 1 rings (SSSR count). The van der Waals surface area contributed by atoms with Gasteiger partial charge in [-0.15, -0.1) is 11.6 Å². The number of hydrogen-bond donors (Lipinski definition) is 0. The number of halogens is 4. The van der Waals surface area contributed by atoms with E-state index in [1.165, 1.54) is 4.90 Å². The van der Waals surface area contributed by atoms with Crippen LogP contribution in [0.2, 0.25) is 0 Å². The maximum Gasteiger partial charge on any atom is 0.401 e. The molecule has 0 aliphatic carbocycles. The van der Waals surface area contributed by atoms with Crippen molar-refractivity contribution in [2.45, 2.75) is 12.6 Å². The molecular weight excluding hydrogens is 191 g/mol. The second kappa shape index (κ2) is 3.83. The summed E-state index contributed by atoms with van der Waals surface area (Å²) in [5, 5.41) is 0. The molecule has 1 saturated heterocycles. The van der Waals surface area contributed by atoms with E-state index in [1.54, 1.807) is 0 Å². The highest BCUT2D eigenvalue weighted by molar-refractivity contribution is 6.18. The van der Waals surface area contributed by atoms with E-state index in [-0.39, 0.29) is 5.92 Å². The van der Waals surface area contributed by atoms with Crippen molar-refractivity contribution in [2.24, 2.45) is 5.92 Å². The van der Waals surface area contributed by atoms with Crippen molar-refractivity contribution in [2.75, 3.05) is 25.5 Å². The van der Waals surface area contributed by atoms with E-state index < -0.39 is 12.7 Å². The van der Waals surface area contributed by atoms with Crippen LogP contribution < -0.4 is 0 Å². The van der Waals surface area contributed by atoms with Gasteiger partial charge in [-0.1, -0.05) is 0 Å². The smallest absolute Gasteiger partial charge is 0.295 e. The molecule has 0 aromatic rings. The largest absolute Gasteiger partial charge is 0.401 e. The van der Waals surface area contributed by atoms with Gasteiger partial charge in [-0.05, 0) is 18.9 Å². The SMILES string of the molecule is FC(F)(F)CN1CCC(CCl)C1. The van der Waals surface area contributed by atoms with E-state index in [0.717, 1.165) is 6.42 Å². The van der Waals surface area contributed by atoms with Crippen LogP contribution in [0.3, 0.4) is 0 Å². The molecule has 1 heterocycles. The fourth-order valence-corrected chi connectivity index (χ4v) is 1.69. The lowest BCUT2D eigenvalue weighted by Crippen LogP contribution is -2.32. The molecule has 12 heavy (non-hydrogen) atoms. The molecular formula is C7H11ClF3N. The lowest BCUT2D eigenvalue weighted by Gasteiger charge is -2.17. The number of hydrogen-bond acceptors (Lipinski definition) is 1. The molecule has 0 N–H and O–H groups in total. The molecule has 5 heteroatoms. The minimum atomic E-state index is -4.07. The van der Waals surface area contributed by atoms with Gasteiger partial charge in [0, 0.05) is 12.4 Å². The third-order valence-electron chi connectivity index (χ3n) is 1.99. The van der Waals surface area contributed by atoms with E-state index in [1.807, 2.05) is 0 Å². The Labute approximate surface area is 74.5 Å². The van der Waals surface area contributed by atoms with Crippen LogP contribution in [-0.2, 0) is 0 Å². The summed E-state index contributed by atoms with van der Waals surface area (Å²) < 4.78 is 35.6. The summed E-state index contributed by atoms with van der Waals surface area (Å²) in [6.07, 6.45) is -3.28. The Bertz CT molecular complexity index is 148. The van der Waals surface area contributed by atoms with Gasteiger partial charge >= 0.3 is 6.18 Å². The van der Waals surface area contributed by atoms with Gasteiger partial charge in [0.1, 0.15) is 0 Å². The van der Waals surface area contributed by atoms with Crippen LogP contribution in [-0.4, -0.2) is 36.6 Å². The topological polar surface area (TPSA) is 3.24 Å². The quantitative estimate of drug-likeness (QED) is 0.619. The molecule has 0 amide bonds. The molecule has 0 spiro atoms. The minimum absolute atomic E-state index is 0.244. The van der Waals surface area contributed by atoms with E-state index in [0.29, 0.717) is 19.0 Å². The maximum absolute atomic E-state index is 11.9. The summed E-state index contributed by atoms with van der Waals surface area (Å²) in [7, 11) is 0. The van der Waals surface area contributed by atoms with Gasteiger partial charge in [-0.2, -0.15) is 13.2 Å². The molecule has 0 aromatic heterocycles. The number of likely N-dealkylation sites (tertiary alicyclic amines) is 1. The van der Waals surface area contributed by atoms with Crippen LogP contribution in [0.25, 0.3) is 0 Å². The summed E-state index contributed by atoms with van der Waals surface area (Å²) in [4.78, 5) is 1.41. The van der Waals surface area contributed by atoms with Gasteiger partial charge in [0.2, 0.25) is 0 Å². The molecule has 72 valence electrons. The van der Waals surface area contributed by atoms with Gasteiger partial charge in [0.25, 0.3) is 0 Å². The molecule has 1 nitrogen and oxygen atoms in total. The number of nitrogens with zero attached hydrogens (tertiary/aromatic N) is 1. The Kier molecular flexibility index (Phi) is 3.23. The van der Waals surface area contributed by atoms with Gasteiger partial charge in [-0.3, -0.25) is 4.90 Å². The molecule has 0 aromatic carbocycles. The minimum Gasteiger partial charge on any atom is -0.295 e. The molecule has 0 radical (unpaired) electrons.